The molecule has 0 aliphatic carbocycles. The molecular weight excluding hydrogens is 482 g/mol. The number of aromatic nitrogens is 1. The van der Waals surface area contributed by atoms with Crippen LogP contribution in [0.25, 0.3) is 21.3 Å². The van der Waals surface area contributed by atoms with Crippen LogP contribution in [0.1, 0.15) is 34.2 Å². The van der Waals surface area contributed by atoms with Gasteiger partial charge in [-0.15, -0.1) is 0 Å². The van der Waals surface area contributed by atoms with Crippen LogP contribution in [0.15, 0.2) is 113 Å². The molecule has 182 valence electrons. The van der Waals surface area contributed by atoms with Gasteiger partial charge in [0.15, 0.2) is 0 Å². The van der Waals surface area contributed by atoms with E-state index < -0.39 is 22.0 Å². The van der Waals surface area contributed by atoms with Crippen LogP contribution in [0.3, 0.4) is 0 Å². The first-order chi connectivity index (χ1) is 18.0. The largest absolute Gasteiger partial charge is 0.340 e. The number of nitrogens with one attached hydrogen (secondary N) is 1. The minimum Gasteiger partial charge on any atom is -0.340 e. The molecule has 1 aliphatic heterocycles. The number of aryl methyl sites for hydroxylation is 1. The number of hydrogen-bond donors (Lipinski definition) is 1. The lowest BCUT2D eigenvalue weighted by Gasteiger charge is -2.37. The molecule has 0 saturated heterocycles. The second kappa shape index (κ2) is 8.85. The predicted octanol–water partition coefficient (Wildman–Crippen LogP) is 7.50. The van der Waals surface area contributed by atoms with Crippen molar-refractivity contribution < 1.29 is 8.42 Å². The summed E-state index contributed by atoms with van der Waals surface area (Å²) >= 11 is 0. The molecule has 0 unspecified atom stereocenters. The van der Waals surface area contributed by atoms with Crippen LogP contribution in [0.4, 0.5) is 11.5 Å². The third kappa shape index (κ3) is 3.66. The quantitative estimate of drug-likeness (QED) is 0.152. The van der Waals surface area contributed by atoms with Gasteiger partial charge in [-0.05, 0) is 47.8 Å². The second-order valence-electron chi connectivity index (χ2n) is 9.11. The number of anilines is 2. The minimum absolute atomic E-state index is 0.200. The standard InChI is InChI=1S/C29H23N5O2S/c1-19-15-17-21(18-16-19)37(35,36)34-25-14-8-6-12-23(25)26(28(32-33-30)20-9-3-2-4-10-20)27-22-11-5-7-13-24(22)31-29(27)34/h2-18,26,28,31H,1H3/t26-,28+/m0/s1. The third-order valence-corrected chi connectivity index (χ3v) is 8.65. The van der Waals surface area contributed by atoms with E-state index in [-0.39, 0.29) is 4.90 Å². The van der Waals surface area contributed by atoms with Crippen molar-refractivity contribution in [2.24, 2.45) is 5.11 Å². The Morgan fingerprint density at radius 1 is 0.892 bits per heavy atom. The van der Waals surface area contributed by atoms with Crippen LogP contribution in [0, 0.1) is 6.92 Å². The molecule has 0 bridgehead atoms. The Balaban J connectivity index is 1.68. The van der Waals surface area contributed by atoms with E-state index >= 15 is 0 Å². The molecule has 37 heavy (non-hydrogen) atoms. The summed E-state index contributed by atoms with van der Waals surface area (Å²) in [5.74, 6) is 0.0460. The first kappa shape index (κ1) is 22.9. The number of para-hydroxylation sites is 2. The van der Waals surface area contributed by atoms with Gasteiger partial charge in [-0.2, -0.15) is 0 Å². The molecule has 0 saturated carbocycles. The molecular formula is C29H23N5O2S. The Bertz CT molecular complexity index is 1770. The molecule has 8 heteroatoms. The van der Waals surface area contributed by atoms with E-state index in [9.17, 15) is 13.9 Å². The van der Waals surface area contributed by atoms with E-state index in [0.717, 1.165) is 33.2 Å². The van der Waals surface area contributed by atoms with E-state index in [4.69, 9.17) is 0 Å². The zero-order valence-electron chi connectivity index (χ0n) is 20.0. The highest BCUT2D eigenvalue weighted by atomic mass is 32.2. The highest BCUT2D eigenvalue weighted by Crippen LogP contribution is 2.55. The van der Waals surface area contributed by atoms with Crippen LogP contribution >= 0.6 is 0 Å². The Labute approximate surface area is 214 Å². The summed E-state index contributed by atoms with van der Waals surface area (Å²) in [6.07, 6.45) is 0. The van der Waals surface area contributed by atoms with E-state index in [1.54, 1.807) is 30.3 Å². The molecule has 7 nitrogen and oxygen atoms in total. The van der Waals surface area contributed by atoms with Crippen molar-refractivity contribution in [1.29, 1.82) is 0 Å². The number of azide groups is 1. The monoisotopic (exact) mass is 505 g/mol. The second-order valence-corrected chi connectivity index (χ2v) is 10.9. The van der Waals surface area contributed by atoms with Gasteiger partial charge in [0.25, 0.3) is 10.0 Å². The van der Waals surface area contributed by atoms with Gasteiger partial charge in [0, 0.05) is 27.3 Å². The average Bonchev–Trinajstić information content (AvgIpc) is 3.30. The van der Waals surface area contributed by atoms with Gasteiger partial charge < -0.3 is 4.98 Å². The number of H-pyrrole nitrogens is 1. The van der Waals surface area contributed by atoms with Crippen LogP contribution in [0.2, 0.25) is 0 Å². The predicted molar refractivity (Wildman–Crippen MR) is 145 cm³/mol. The smallest absolute Gasteiger partial charge is 0.269 e. The lowest BCUT2D eigenvalue weighted by molar-refractivity contribution is 0.591. The van der Waals surface area contributed by atoms with Crippen molar-refractivity contribution in [1.82, 2.24) is 4.98 Å². The highest BCUT2D eigenvalue weighted by molar-refractivity contribution is 7.93. The molecule has 0 fully saturated rings. The summed E-state index contributed by atoms with van der Waals surface area (Å²) in [4.78, 5) is 6.79. The van der Waals surface area contributed by atoms with Gasteiger partial charge in [-0.3, -0.25) is 0 Å². The third-order valence-electron chi connectivity index (χ3n) is 6.92. The summed E-state index contributed by atoms with van der Waals surface area (Å²) in [5.41, 5.74) is 14.3. The lowest BCUT2D eigenvalue weighted by Crippen LogP contribution is -2.32. The van der Waals surface area contributed by atoms with Crippen molar-refractivity contribution in [3.8, 4) is 0 Å². The van der Waals surface area contributed by atoms with Crippen LogP contribution in [-0.4, -0.2) is 13.4 Å². The molecule has 0 radical (unpaired) electrons. The number of fused-ring (bicyclic) bond motifs is 4. The van der Waals surface area contributed by atoms with E-state index in [0.29, 0.717) is 11.5 Å². The van der Waals surface area contributed by atoms with Crippen molar-refractivity contribution in [3.63, 3.8) is 0 Å². The molecule has 2 atom stereocenters. The summed E-state index contributed by atoms with van der Waals surface area (Å²) in [6, 6.07) is 31.1. The fourth-order valence-electron chi connectivity index (χ4n) is 5.26. The molecule has 2 heterocycles. The first-order valence-electron chi connectivity index (χ1n) is 11.9. The normalized spacial score (nSPS) is 15.5. The SMILES string of the molecule is Cc1ccc(S(=O)(=O)N2c3ccccc3[C@H]([C@H](N=[N+]=[N-])c3ccccc3)c3c2[nH]c2ccccc32)cc1. The summed E-state index contributed by atoms with van der Waals surface area (Å²) in [5, 5.41) is 5.14. The maximum absolute atomic E-state index is 14.2. The molecule has 0 amide bonds. The number of rotatable bonds is 5. The molecule has 6 rings (SSSR count). The van der Waals surface area contributed by atoms with Crippen molar-refractivity contribution in [2.45, 2.75) is 23.8 Å². The van der Waals surface area contributed by atoms with Crippen LogP contribution in [0.5, 0.6) is 0 Å². The molecule has 5 aromatic rings. The molecule has 0 spiro atoms. The Morgan fingerprint density at radius 2 is 1.57 bits per heavy atom. The Morgan fingerprint density at radius 3 is 2.32 bits per heavy atom. The summed E-state index contributed by atoms with van der Waals surface area (Å²) in [7, 11) is -3.98. The maximum atomic E-state index is 14.2. The topological polar surface area (TPSA) is 102 Å². The fraction of sp³-hybridized carbons (Fsp3) is 0.103. The summed E-state index contributed by atoms with van der Waals surface area (Å²) < 4.78 is 29.8. The minimum atomic E-state index is -3.98. The van der Waals surface area contributed by atoms with E-state index in [2.05, 4.69) is 15.0 Å². The lowest BCUT2D eigenvalue weighted by atomic mass is 9.79. The zero-order valence-corrected chi connectivity index (χ0v) is 20.8. The van der Waals surface area contributed by atoms with Gasteiger partial charge in [0.1, 0.15) is 5.82 Å². The van der Waals surface area contributed by atoms with Crippen molar-refractivity contribution in [3.05, 3.63) is 136 Å². The molecule has 4 aromatic carbocycles. The number of sulfonamides is 1. The van der Waals surface area contributed by atoms with Crippen molar-refractivity contribution >= 4 is 32.4 Å². The maximum Gasteiger partial charge on any atom is 0.269 e. The molecule has 1 N–H and O–H groups in total. The highest BCUT2D eigenvalue weighted by Gasteiger charge is 2.42. The van der Waals surface area contributed by atoms with Gasteiger partial charge in [0.05, 0.1) is 16.6 Å². The number of aromatic amines is 1. The zero-order chi connectivity index (χ0) is 25.6. The van der Waals surface area contributed by atoms with Gasteiger partial charge in [-0.1, -0.05) is 89.5 Å². The fourth-order valence-corrected chi connectivity index (χ4v) is 6.76. The molecule has 1 aromatic heterocycles. The Hall–Kier alpha value is -4.52. The number of benzene rings is 4. The Kier molecular flexibility index (Phi) is 5.48. The number of nitrogens with zero attached hydrogens (tertiary/aromatic N) is 4. The van der Waals surface area contributed by atoms with Crippen molar-refractivity contribution in [2.75, 3.05) is 4.31 Å². The van der Waals surface area contributed by atoms with Gasteiger partial charge in [-0.25, -0.2) is 12.7 Å². The number of hydrogen-bond acceptors (Lipinski definition) is 3. The van der Waals surface area contributed by atoms with E-state index in [1.165, 1.54) is 4.31 Å². The first-order valence-corrected chi connectivity index (χ1v) is 13.4. The van der Waals surface area contributed by atoms with Crippen LogP contribution in [-0.2, 0) is 10.0 Å². The van der Waals surface area contributed by atoms with Gasteiger partial charge in [0.2, 0.25) is 0 Å². The van der Waals surface area contributed by atoms with Gasteiger partial charge >= 0.3 is 0 Å². The molecule has 1 aliphatic rings. The van der Waals surface area contributed by atoms with Crippen LogP contribution < -0.4 is 4.31 Å². The average molecular weight is 506 g/mol. The van der Waals surface area contributed by atoms with E-state index in [1.807, 2.05) is 79.7 Å². The summed E-state index contributed by atoms with van der Waals surface area (Å²) in [6.45, 7) is 1.92.